The molecule has 0 radical (unpaired) electrons. The highest BCUT2D eigenvalue weighted by Gasteiger charge is 2.18. The molecular weight excluding hydrogens is 206 g/mol. The molecule has 6 heteroatoms. The van der Waals surface area contributed by atoms with Crippen LogP contribution in [-0.4, -0.2) is 44.5 Å². The second kappa shape index (κ2) is 4.75. The Morgan fingerprint density at radius 2 is 2.14 bits per heavy atom. The molecule has 14 heavy (non-hydrogen) atoms. The molecule has 0 unspecified atom stereocenters. The van der Waals surface area contributed by atoms with E-state index in [1.165, 1.54) is 5.06 Å². The van der Waals surface area contributed by atoms with Gasteiger partial charge in [0.15, 0.2) is 0 Å². The Balaban J connectivity index is 2.34. The van der Waals surface area contributed by atoms with E-state index in [0.29, 0.717) is 13.2 Å². The largest absolute Gasteiger partial charge is 0.273 e. The van der Waals surface area contributed by atoms with Crippen molar-refractivity contribution in [1.82, 2.24) is 5.06 Å². The van der Waals surface area contributed by atoms with Crippen molar-refractivity contribution >= 4 is 15.7 Å². The Morgan fingerprint density at radius 3 is 2.64 bits per heavy atom. The third-order valence-electron chi connectivity index (χ3n) is 1.97. The van der Waals surface area contributed by atoms with Gasteiger partial charge in [0.05, 0.1) is 12.4 Å². The van der Waals surface area contributed by atoms with Crippen molar-refractivity contribution in [1.29, 1.82) is 0 Å². The van der Waals surface area contributed by atoms with E-state index in [0.717, 1.165) is 19.1 Å². The van der Waals surface area contributed by atoms with E-state index in [2.05, 4.69) is 0 Å². The van der Waals surface area contributed by atoms with Gasteiger partial charge in [0.2, 0.25) is 5.91 Å². The first-order valence-corrected chi connectivity index (χ1v) is 6.66. The van der Waals surface area contributed by atoms with Crippen molar-refractivity contribution in [3.8, 4) is 0 Å². The van der Waals surface area contributed by atoms with Gasteiger partial charge in [-0.2, -0.15) is 0 Å². The first kappa shape index (κ1) is 11.5. The molecule has 0 aromatic heterocycles. The molecule has 0 aromatic rings. The zero-order valence-electron chi connectivity index (χ0n) is 8.23. The average Bonchev–Trinajstić information content (AvgIpc) is 2.14. The molecule has 0 bridgehead atoms. The lowest BCUT2D eigenvalue weighted by Crippen LogP contribution is -2.36. The molecule has 0 saturated carbocycles. The molecule has 1 saturated heterocycles. The number of nitrogens with zero attached hydrogens (tertiary/aromatic N) is 1. The van der Waals surface area contributed by atoms with Crippen molar-refractivity contribution in [2.45, 2.75) is 19.3 Å². The predicted octanol–water partition coefficient (Wildman–Crippen LogP) is -0.0249. The fraction of sp³-hybridized carbons (Fsp3) is 0.875. The summed E-state index contributed by atoms with van der Waals surface area (Å²) in [4.78, 5) is 16.5. The van der Waals surface area contributed by atoms with Crippen LogP contribution in [0.3, 0.4) is 0 Å². The topological polar surface area (TPSA) is 63.7 Å². The Morgan fingerprint density at radius 1 is 1.43 bits per heavy atom. The van der Waals surface area contributed by atoms with Gasteiger partial charge in [-0.15, -0.1) is 0 Å². The van der Waals surface area contributed by atoms with Crippen LogP contribution in [-0.2, 0) is 19.5 Å². The van der Waals surface area contributed by atoms with Crippen molar-refractivity contribution in [3.05, 3.63) is 0 Å². The van der Waals surface area contributed by atoms with Crippen LogP contribution in [0.15, 0.2) is 0 Å². The molecule has 1 heterocycles. The molecule has 0 spiro atoms. The zero-order chi connectivity index (χ0) is 10.6. The van der Waals surface area contributed by atoms with Crippen LogP contribution in [0, 0.1) is 0 Å². The summed E-state index contributed by atoms with van der Waals surface area (Å²) in [5.74, 6) is -0.346. The molecular formula is C8H15NO4S. The van der Waals surface area contributed by atoms with Crippen molar-refractivity contribution in [3.63, 3.8) is 0 Å². The van der Waals surface area contributed by atoms with Crippen LogP contribution in [0.2, 0.25) is 0 Å². The normalized spacial score (nSPS) is 18.2. The third kappa shape index (κ3) is 4.06. The van der Waals surface area contributed by atoms with Crippen LogP contribution < -0.4 is 0 Å². The number of sulfone groups is 1. The monoisotopic (exact) mass is 221 g/mol. The van der Waals surface area contributed by atoms with Gasteiger partial charge in [-0.25, -0.2) is 13.5 Å². The summed E-state index contributed by atoms with van der Waals surface area (Å²) in [6, 6.07) is 0. The summed E-state index contributed by atoms with van der Waals surface area (Å²) in [6.07, 6.45) is 3.01. The van der Waals surface area contributed by atoms with Crippen LogP contribution in [0.4, 0.5) is 0 Å². The summed E-state index contributed by atoms with van der Waals surface area (Å²) in [5.41, 5.74) is 0. The fourth-order valence-electron chi connectivity index (χ4n) is 1.19. The van der Waals surface area contributed by atoms with Gasteiger partial charge >= 0.3 is 0 Å². The van der Waals surface area contributed by atoms with Crippen LogP contribution in [0.5, 0.6) is 0 Å². The molecule has 0 aliphatic carbocycles. The number of rotatable bonds is 3. The van der Waals surface area contributed by atoms with Crippen molar-refractivity contribution in [2.24, 2.45) is 0 Å². The summed E-state index contributed by atoms with van der Waals surface area (Å²) in [7, 11) is -3.06. The second-order valence-corrected chi connectivity index (χ2v) is 5.68. The summed E-state index contributed by atoms with van der Waals surface area (Å²) < 4.78 is 21.6. The molecule has 0 aromatic carbocycles. The average molecular weight is 221 g/mol. The Labute approximate surface area is 83.9 Å². The minimum Gasteiger partial charge on any atom is -0.273 e. The molecule has 1 amide bonds. The smallest absolute Gasteiger partial charge is 0.247 e. The number of hydroxylamine groups is 2. The van der Waals surface area contributed by atoms with Gasteiger partial charge in [-0.1, -0.05) is 0 Å². The highest BCUT2D eigenvalue weighted by molar-refractivity contribution is 7.90. The maximum atomic E-state index is 11.4. The van der Waals surface area contributed by atoms with Crippen LogP contribution in [0.1, 0.15) is 19.3 Å². The standard InChI is InChI=1S/C8H15NO4S/c1-14(11,12)7-4-8(10)9-5-2-3-6-13-9/h2-7H2,1H3. The molecule has 1 rings (SSSR count). The minimum atomic E-state index is -3.06. The minimum absolute atomic E-state index is 0.0127. The van der Waals surface area contributed by atoms with Crippen molar-refractivity contribution < 1.29 is 18.0 Å². The number of carbonyl (C=O) groups excluding carboxylic acids is 1. The van der Waals surface area contributed by atoms with E-state index in [9.17, 15) is 13.2 Å². The Bertz CT molecular complexity index is 292. The molecule has 1 fully saturated rings. The maximum Gasteiger partial charge on any atom is 0.247 e. The summed E-state index contributed by atoms with van der Waals surface area (Å²) >= 11 is 0. The maximum absolute atomic E-state index is 11.4. The van der Waals surface area contributed by atoms with Gasteiger partial charge in [0.25, 0.3) is 0 Å². The SMILES string of the molecule is CS(=O)(=O)CCC(=O)N1CCCCO1. The highest BCUT2D eigenvalue weighted by Crippen LogP contribution is 2.07. The highest BCUT2D eigenvalue weighted by atomic mass is 32.2. The first-order chi connectivity index (χ1) is 6.49. The second-order valence-electron chi connectivity index (χ2n) is 3.42. The lowest BCUT2D eigenvalue weighted by Gasteiger charge is -2.25. The van der Waals surface area contributed by atoms with Gasteiger partial charge in [0.1, 0.15) is 9.84 Å². The van der Waals surface area contributed by atoms with E-state index in [4.69, 9.17) is 4.84 Å². The Hall–Kier alpha value is -0.620. The fourth-order valence-corrected chi connectivity index (χ4v) is 1.74. The van der Waals surface area contributed by atoms with E-state index in [1.807, 2.05) is 0 Å². The van der Waals surface area contributed by atoms with Crippen molar-refractivity contribution in [2.75, 3.05) is 25.2 Å². The predicted molar refractivity (Wildman–Crippen MR) is 51.2 cm³/mol. The molecule has 0 N–H and O–H groups in total. The lowest BCUT2D eigenvalue weighted by atomic mass is 10.3. The first-order valence-electron chi connectivity index (χ1n) is 4.60. The van der Waals surface area contributed by atoms with Gasteiger partial charge < -0.3 is 0 Å². The molecule has 0 atom stereocenters. The van der Waals surface area contributed by atoms with E-state index < -0.39 is 9.84 Å². The van der Waals surface area contributed by atoms with Gasteiger partial charge in [0, 0.05) is 19.2 Å². The zero-order valence-corrected chi connectivity index (χ0v) is 9.05. The lowest BCUT2D eigenvalue weighted by molar-refractivity contribution is -0.196. The van der Waals surface area contributed by atoms with E-state index >= 15 is 0 Å². The van der Waals surface area contributed by atoms with E-state index in [1.54, 1.807) is 0 Å². The Kier molecular flexibility index (Phi) is 3.88. The quantitative estimate of drug-likeness (QED) is 0.671. The summed E-state index contributed by atoms with van der Waals surface area (Å²) in [5, 5.41) is 1.27. The van der Waals surface area contributed by atoms with Gasteiger partial charge in [-0.05, 0) is 12.8 Å². The number of hydrogen-bond donors (Lipinski definition) is 0. The molecule has 1 aliphatic heterocycles. The number of carbonyl (C=O) groups is 1. The summed E-state index contributed by atoms with van der Waals surface area (Å²) in [6.45, 7) is 1.12. The van der Waals surface area contributed by atoms with Crippen LogP contribution >= 0.6 is 0 Å². The molecule has 1 aliphatic rings. The van der Waals surface area contributed by atoms with Gasteiger partial charge in [-0.3, -0.25) is 9.63 Å². The number of amides is 1. The third-order valence-corrected chi connectivity index (χ3v) is 2.91. The molecule has 5 nitrogen and oxygen atoms in total. The molecule has 82 valence electrons. The van der Waals surface area contributed by atoms with E-state index in [-0.39, 0.29) is 18.1 Å². The number of hydrogen-bond acceptors (Lipinski definition) is 4. The van der Waals surface area contributed by atoms with Crippen LogP contribution in [0.25, 0.3) is 0 Å².